The highest BCUT2D eigenvalue weighted by molar-refractivity contribution is 5.68. The molecule has 1 aliphatic carbocycles. The number of nitrogens with one attached hydrogen (secondary N) is 1. The molecular formula is C20H40N2O2. The van der Waals surface area contributed by atoms with Crippen molar-refractivity contribution < 1.29 is 9.53 Å². The Hall–Kier alpha value is -0.770. The highest BCUT2D eigenvalue weighted by atomic mass is 16.5. The molecule has 1 rings (SSSR count). The summed E-state index contributed by atoms with van der Waals surface area (Å²) < 4.78 is 5.50. The molecular weight excluding hydrogens is 300 g/mol. The van der Waals surface area contributed by atoms with Crippen LogP contribution in [0.25, 0.3) is 0 Å². The molecule has 0 aromatic carbocycles. The summed E-state index contributed by atoms with van der Waals surface area (Å²) in [4.78, 5) is 14.7. The van der Waals surface area contributed by atoms with E-state index in [2.05, 4.69) is 44.8 Å². The predicted octanol–water partition coefficient (Wildman–Crippen LogP) is 4.97. The zero-order valence-corrected chi connectivity index (χ0v) is 16.7. The number of ether oxygens (including phenoxy) is 1. The average molecular weight is 341 g/mol. The first-order valence-corrected chi connectivity index (χ1v) is 10.0. The fourth-order valence-electron chi connectivity index (χ4n) is 3.52. The SMILES string of the molecule is CCCCN(CCCC)CCOC(=O)NC1(C)CCCCC1(C)C. The van der Waals surface area contributed by atoms with E-state index in [1.807, 2.05) is 0 Å². The Bertz CT molecular complexity index is 363. The molecule has 0 bridgehead atoms. The number of nitrogens with zero attached hydrogens (tertiary/aromatic N) is 1. The molecule has 0 heterocycles. The summed E-state index contributed by atoms with van der Waals surface area (Å²) in [7, 11) is 0. The molecule has 0 saturated heterocycles. The zero-order chi connectivity index (χ0) is 18.1. The lowest BCUT2D eigenvalue weighted by Crippen LogP contribution is -2.57. The molecule has 1 saturated carbocycles. The highest BCUT2D eigenvalue weighted by Crippen LogP contribution is 2.43. The normalized spacial score (nSPS) is 23.2. The van der Waals surface area contributed by atoms with Gasteiger partial charge in [0.15, 0.2) is 0 Å². The second-order valence-corrected chi connectivity index (χ2v) is 8.23. The van der Waals surface area contributed by atoms with Crippen LogP contribution < -0.4 is 5.32 Å². The van der Waals surface area contributed by atoms with Crippen LogP contribution in [0.1, 0.15) is 86.0 Å². The van der Waals surface area contributed by atoms with Gasteiger partial charge < -0.3 is 10.1 Å². The molecule has 24 heavy (non-hydrogen) atoms. The maximum Gasteiger partial charge on any atom is 0.407 e. The number of hydrogen-bond acceptors (Lipinski definition) is 3. The van der Waals surface area contributed by atoms with Gasteiger partial charge in [-0.15, -0.1) is 0 Å². The van der Waals surface area contributed by atoms with Gasteiger partial charge >= 0.3 is 6.09 Å². The van der Waals surface area contributed by atoms with Gasteiger partial charge in [0.1, 0.15) is 6.61 Å². The standard InChI is InChI=1S/C20H40N2O2/c1-6-8-14-22(15-9-7-2)16-17-24-18(23)21-20(5)13-11-10-12-19(20,3)4/h6-17H2,1-5H3,(H,21,23). The van der Waals surface area contributed by atoms with E-state index in [0.29, 0.717) is 6.61 Å². The third kappa shape index (κ3) is 6.62. The summed E-state index contributed by atoms with van der Waals surface area (Å²) in [5, 5.41) is 3.17. The topological polar surface area (TPSA) is 41.6 Å². The second-order valence-electron chi connectivity index (χ2n) is 8.23. The predicted molar refractivity (Wildman–Crippen MR) is 101 cm³/mol. The van der Waals surface area contributed by atoms with Crippen LogP contribution in [-0.4, -0.2) is 42.8 Å². The van der Waals surface area contributed by atoms with Crippen LogP contribution in [0.4, 0.5) is 4.79 Å². The smallest absolute Gasteiger partial charge is 0.407 e. The van der Waals surface area contributed by atoms with Crippen LogP contribution in [0.3, 0.4) is 0 Å². The Labute approximate surface area is 149 Å². The van der Waals surface area contributed by atoms with Crippen molar-refractivity contribution in [3.63, 3.8) is 0 Å². The molecule has 1 aliphatic rings. The van der Waals surface area contributed by atoms with E-state index in [9.17, 15) is 4.79 Å². The first kappa shape index (κ1) is 21.3. The highest BCUT2D eigenvalue weighted by Gasteiger charge is 2.44. The first-order valence-electron chi connectivity index (χ1n) is 10.0. The quantitative estimate of drug-likeness (QED) is 0.610. The molecule has 142 valence electrons. The van der Waals surface area contributed by atoms with Crippen LogP contribution in [-0.2, 0) is 4.74 Å². The van der Waals surface area contributed by atoms with E-state index in [4.69, 9.17) is 4.74 Å². The van der Waals surface area contributed by atoms with Crippen molar-refractivity contribution in [2.45, 2.75) is 91.5 Å². The largest absolute Gasteiger partial charge is 0.448 e. The van der Waals surface area contributed by atoms with Gasteiger partial charge in [-0.3, -0.25) is 4.90 Å². The van der Waals surface area contributed by atoms with Crippen LogP contribution in [0.2, 0.25) is 0 Å². The minimum Gasteiger partial charge on any atom is -0.448 e. The molecule has 1 atom stereocenters. The lowest BCUT2D eigenvalue weighted by atomic mass is 9.64. The Kier molecular flexibility index (Phi) is 9.11. The fraction of sp³-hybridized carbons (Fsp3) is 0.950. The van der Waals surface area contributed by atoms with Crippen molar-refractivity contribution in [2.24, 2.45) is 5.41 Å². The minimum absolute atomic E-state index is 0.124. The third-order valence-corrected chi connectivity index (χ3v) is 5.90. The van der Waals surface area contributed by atoms with Crippen molar-refractivity contribution >= 4 is 6.09 Å². The number of alkyl carbamates (subject to hydrolysis) is 1. The lowest BCUT2D eigenvalue weighted by molar-refractivity contribution is 0.0602. The molecule has 1 unspecified atom stereocenters. The fourth-order valence-corrected chi connectivity index (χ4v) is 3.52. The van der Waals surface area contributed by atoms with Gasteiger partial charge in [-0.25, -0.2) is 4.79 Å². The Morgan fingerprint density at radius 1 is 1.00 bits per heavy atom. The first-order chi connectivity index (χ1) is 11.3. The molecule has 0 aliphatic heterocycles. The van der Waals surface area contributed by atoms with Crippen molar-refractivity contribution in [1.82, 2.24) is 10.2 Å². The van der Waals surface area contributed by atoms with Crippen LogP contribution in [0, 0.1) is 5.41 Å². The van der Waals surface area contributed by atoms with Gasteiger partial charge in [0.2, 0.25) is 0 Å². The van der Waals surface area contributed by atoms with Crippen LogP contribution in [0.15, 0.2) is 0 Å². The third-order valence-electron chi connectivity index (χ3n) is 5.90. The van der Waals surface area contributed by atoms with Crippen molar-refractivity contribution in [1.29, 1.82) is 0 Å². The maximum atomic E-state index is 12.3. The number of hydrogen-bond donors (Lipinski definition) is 1. The monoisotopic (exact) mass is 340 g/mol. The summed E-state index contributed by atoms with van der Waals surface area (Å²) in [6.45, 7) is 14.6. The van der Waals surface area contributed by atoms with E-state index in [-0.39, 0.29) is 17.0 Å². The summed E-state index contributed by atoms with van der Waals surface area (Å²) in [5.41, 5.74) is -0.0367. The van der Waals surface area contributed by atoms with E-state index in [0.717, 1.165) is 32.5 Å². The van der Waals surface area contributed by atoms with Gasteiger partial charge in [-0.05, 0) is 51.1 Å². The van der Waals surface area contributed by atoms with Crippen molar-refractivity contribution in [2.75, 3.05) is 26.2 Å². The van der Waals surface area contributed by atoms with Crippen LogP contribution >= 0.6 is 0 Å². The van der Waals surface area contributed by atoms with E-state index in [1.54, 1.807) is 0 Å². The summed E-state index contributed by atoms with van der Waals surface area (Å²) in [6.07, 6.45) is 9.21. The van der Waals surface area contributed by atoms with Gasteiger partial charge in [0.05, 0.1) is 0 Å². The molecule has 1 fully saturated rings. The number of rotatable bonds is 10. The maximum absolute atomic E-state index is 12.3. The van der Waals surface area contributed by atoms with E-state index < -0.39 is 0 Å². The Morgan fingerprint density at radius 3 is 2.12 bits per heavy atom. The molecule has 0 radical (unpaired) electrons. The zero-order valence-electron chi connectivity index (χ0n) is 16.7. The van der Waals surface area contributed by atoms with Gasteiger partial charge in [-0.2, -0.15) is 0 Å². The number of carbonyl (C=O) groups is 1. The summed E-state index contributed by atoms with van der Waals surface area (Å²) in [5.74, 6) is 0. The Balaban J connectivity index is 2.38. The van der Waals surface area contributed by atoms with Crippen LogP contribution in [0.5, 0.6) is 0 Å². The van der Waals surface area contributed by atoms with Crippen molar-refractivity contribution in [3.8, 4) is 0 Å². The molecule has 4 nitrogen and oxygen atoms in total. The van der Waals surface area contributed by atoms with E-state index >= 15 is 0 Å². The second kappa shape index (κ2) is 10.3. The molecule has 0 spiro atoms. The molecule has 1 amide bonds. The molecule has 1 N–H and O–H groups in total. The number of amides is 1. The van der Waals surface area contributed by atoms with Gasteiger partial charge in [0, 0.05) is 12.1 Å². The number of carbonyl (C=O) groups excluding carboxylic acids is 1. The van der Waals surface area contributed by atoms with Crippen molar-refractivity contribution in [3.05, 3.63) is 0 Å². The molecule has 0 aromatic heterocycles. The van der Waals surface area contributed by atoms with Gasteiger partial charge in [-0.1, -0.05) is 53.4 Å². The Morgan fingerprint density at radius 2 is 1.58 bits per heavy atom. The molecule has 4 heteroatoms. The molecule has 0 aromatic rings. The van der Waals surface area contributed by atoms with Gasteiger partial charge in [0.25, 0.3) is 0 Å². The summed E-state index contributed by atoms with van der Waals surface area (Å²) in [6, 6.07) is 0. The average Bonchev–Trinajstić information content (AvgIpc) is 2.52. The minimum atomic E-state index is -0.251. The number of unbranched alkanes of at least 4 members (excludes halogenated alkanes) is 2. The van der Waals surface area contributed by atoms with E-state index in [1.165, 1.54) is 38.5 Å². The summed E-state index contributed by atoms with van der Waals surface area (Å²) >= 11 is 0. The lowest BCUT2D eigenvalue weighted by Gasteiger charge is -2.48.